The summed E-state index contributed by atoms with van der Waals surface area (Å²) in [5, 5.41) is 0.587. The van der Waals surface area contributed by atoms with Gasteiger partial charge in [0.2, 0.25) is 5.78 Å². The molecule has 0 aliphatic carbocycles. The molecule has 0 saturated carbocycles. The van der Waals surface area contributed by atoms with E-state index in [4.69, 9.17) is 16.3 Å². The zero-order chi connectivity index (χ0) is 15.2. The summed E-state index contributed by atoms with van der Waals surface area (Å²) in [6.45, 7) is -0.272. The molecule has 108 valence electrons. The molecule has 3 nitrogen and oxygen atoms in total. The minimum absolute atomic E-state index is 0.227. The van der Waals surface area contributed by atoms with Crippen LogP contribution in [0.4, 0.5) is 0 Å². The predicted octanol–water partition coefficient (Wildman–Crippen LogP) is 4.60. The summed E-state index contributed by atoms with van der Waals surface area (Å²) in [6.07, 6.45) is 2.85. The van der Waals surface area contributed by atoms with Gasteiger partial charge < -0.3 is 4.74 Å². The molecule has 0 atom stereocenters. The highest BCUT2D eigenvalue weighted by atomic mass is 79.9. The fourth-order valence-corrected chi connectivity index (χ4v) is 3.00. The number of benzene rings is 1. The van der Waals surface area contributed by atoms with Crippen LogP contribution in [0, 0.1) is 0 Å². The highest BCUT2D eigenvalue weighted by Gasteiger charge is 2.10. The fourth-order valence-electron chi connectivity index (χ4n) is 1.49. The second kappa shape index (κ2) is 7.54. The van der Waals surface area contributed by atoms with Gasteiger partial charge in [0.25, 0.3) is 0 Å². The third-order valence-electron chi connectivity index (χ3n) is 2.45. The van der Waals surface area contributed by atoms with Crippen molar-refractivity contribution in [1.29, 1.82) is 0 Å². The third kappa shape index (κ3) is 5.12. The van der Waals surface area contributed by atoms with Crippen LogP contribution in [0.15, 0.2) is 46.3 Å². The van der Waals surface area contributed by atoms with Crippen molar-refractivity contribution in [2.45, 2.75) is 0 Å². The van der Waals surface area contributed by atoms with Crippen molar-refractivity contribution in [2.75, 3.05) is 6.61 Å². The Morgan fingerprint density at radius 3 is 2.76 bits per heavy atom. The predicted molar refractivity (Wildman–Crippen MR) is 87.8 cm³/mol. The first kappa shape index (κ1) is 15.9. The minimum atomic E-state index is -0.570. The van der Waals surface area contributed by atoms with E-state index < -0.39 is 5.97 Å². The molecule has 6 heteroatoms. The van der Waals surface area contributed by atoms with Crippen LogP contribution in [0.3, 0.4) is 0 Å². The molecule has 0 N–H and O–H groups in total. The van der Waals surface area contributed by atoms with E-state index in [0.29, 0.717) is 9.90 Å². The Hall–Kier alpha value is -1.43. The molecule has 0 fully saturated rings. The van der Waals surface area contributed by atoms with Gasteiger partial charge in [0, 0.05) is 11.1 Å². The van der Waals surface area contributed by atoms with Gasteiger partial charge in [0.1, 0.15) is 0 Å². The number of ether oxygens (including phenoxy) is 1. The number of halogens is 2. The third-order valence-corrected chi connectivity index (χ3v) is 4.35. The van der Waals surface area contributed by atoms with Gasteiger partial charge in [-0.25, -0.2) is 4.79 Å². The molecule has 0 amide bonds. The van der Waals surface area contributed by atoms with Crippen molar-refractivity contribution < 1.29 is 14.3 Å². The Bertz CT molecular complexity index is 694. The summed E-state index contributed by atoms with van der Waals surface area (Å²) in [7, 11) is 0. The van der Waals surface area contributed by atoms with E-state index in [1.165, 1.54) is 17.4 Å². The van der Waals surface area contributed by atoms with Gasteiger partial charge in [-0.2, -0.15) is 0 Å². The number of carbonyl (C=O) groups excluding carboxylic acids is 2. The topological polar surface area (TPSA) is 43.4 Å². The molecule has 0 aliphatic rings. The van der Waals surface area contributed by atoms with Crippen molar-refractivity contribution in [3.05, 3.63) is 61.7 Å². The van der Waals surface area contributed by atoms with Crippen molar-refractivity contribution in [1.82, 2.24) is 0 Å². The van der Waals surface area contributed by atoms with E-state index in [9.17, 15) is 9.59 Å². The van der Waals surface area contributed by atoms with Crippen LogP contribution in [0.2, 0.25) is 5.02 Å². The number of hydrogen-bond acceptors (Lipinski definition) is 4. The maximum Gasteiger partial charge on any atom is 0.331 e. The minimum Gasteiger partial charge on any atom is -0.454 e. The van der Waals surface area contributed by atoms with Gasteiger partial charge in [0.15, 0.2) is 6.61 Å². The summed E-state index contributed by atoms with van der Waals surface area (Å²) in [6, 6.07) is 10.5. The fraction of sp³-hybridized carbons (Fsp3) is 0.0667. The molecule has 2 rings (SSSR count). The van der Waals surface area contributed by atoms with Gasteiger partial charge >= 0.3 is 5.97 Å². The van der Waals surface area contributed by atoms with Crippen LogP contribution < -0.4 is 0 Å². The summed E-state index contributed by atoms with van der Waals surface area (Å²) < 4.78 is 5.76. The zero-order valence-corrected chi connectivity index (χ0v) is 13.9. The second-order valence-corrected chi connectivity index (χ2v) is 6.92. The molecule has 0 aliphatic heterocycles. The normalized spacial score (nSPS) is 10.8. The molecule has 0 radical (unpaired) electrons. The Balaban J connectivity index is 1.86. The average molecular weight is 386 g/mol. The molecule has 1 aromatic carbocycles. The first-order valence-electron chi connectivity index (χ1n) is 5.93. The van der Waals surface area contributed by atoms with Crippen molar-refractivity contribution in [3.8, 4) is 0 Å². The van der Waals surface area contributed by atoms with Gasteiger partial charge in [-0.15, -0.1) is 11.3 Å². The lowest BCUT2D eigenvalue weighted by molar-refractivity contribution is -0.136. The van der Waals surface area contributed by atoms with Gasteiger partial charge in [0.05, 0.1) is 8.66 Å². The number of thiophene rings is 1. The van der Waals surface area contributed by atoms with Crippen LogP contribution in [0.1, 0.15) is 15.2 Å². The summed E-state index contributed by atoms with van der Waals surface area (Å²) in [5.41, 5.74) is 0.785. The van der Waals surface area contributed by atoms with Crippen molar-refractivity contribution in [2.24, 2.45) is 0 Å². The lowest BCUT2D eigenvalue weighted by atomic mass is 10.2. The SMILES string of the molecule is O=C(/C=C/c1cccc(Cl)c1)OCC(=O)c1ccc(Br)s1. The summed E-state index contributed by atoms with van der Waals surface area (Å²) >= 11 is 10.4. The Kier molecular flexibility index (Phi) is 5.73. The largest absolute Gasteiger partial charge is 0.454 e. The van der Waals surface area contributed by atoms with Gasteiger partial charge in [-0.3, -0.25) is 4.79 Å². The monoisotopic (exact) mass is 384 g/mol. The maximum absolute atomic E-state index is 11.8. The van der Waals surface area contributed by atoms with E-state index in [1.54, 1.807) is 36.4 Å². The molecular formula is C15H10BrClO3S. The average Bonchev–Trinajstić information content (AvgIpc) is 2.89. The van der Waals surface area contributed by atoms with Gasteiger partial charge in [-0.1, -0.05) is 23.7 Å². The molecule has 2 aromatic rings. The lowest BCUT2D eigenvalue weighted by Crippen LogP contribution is -2.11. The van der Waals surface area contributed by atoms with Crippen LogP contribution in [0.5, 0.6) is 0 Å². The van der Waals surface area contributed by atoms with Crippen molar-refractivity contribution in [3.63, 3.8) is 0 Å². The Morgan fingerprint density at radius 1 is 1.29 bits per heavy atom. The number of rotatable bonds is 5. The number of carbonyl (C=O) groups is 2. The van der Waals surface area contributed by atoms with Crippen LogP contribution in [-0.4, -0.2) is 18.4 Å². The Labute approximate surface area is 139 Å². The summed E-state index contributed by atoms with van der Waals surface area (Å²) in [5.74, 6) is -0.797. The van der Waals surface area contributed by atoms with E-state index in [2.05, 4.69) is 15.9 Å². The smallest absolute Gasteiger partial charge is 0.331 e. The molecule has 21 heavy (non-hydrogen) atoms. The first-order chi connectivity index (χ1) is 10.0. The molecule has 1 heterocycles. The van der Waals surface area contributed by atoms with Crippen LogP contribution >= 0.6 is 38.9 Å². The van der Waals surface area contributed by atoms with Gasteiger partial charge in [-0.05, 0) is 51.8 Å². The first-order valence-corrected chi connectivity index (χ1v) is 7.92. The molecular weight excluding hydrogens is 376 g/mol. The van der Waals surface area contributed by atoms with E-state index >= 15 is 0 Å². The van der Waals surface area contributed by atoms with Crippen molar-refractivity contribution >= 4 is 56.7 Å². The second-order valence-electron chi connectivity index (χ2n) is 4.02. The standard InChI is InChI=1S/C15H10BrClO3S/c16-14-6-5-13(21-14)12(18)9-20-15(19)7-4-10-2-1-3-11(17)8-10/h1-8H,9H2/b7-4+. The number of Topliss-reactive ketones (excluding diaryl/α,β-unsaturated/α-hetero) is 1. The van der Waals surface area contributed by atoms with E-state index in [1.807, 2.05) is 6.07 Å². The quantitative estimate of drug-likeness (QED) is 0.429. The zero-order valence-electron chi connectivity index (χ0n) is 10.7. The molecule has 0 saturated heterocycles. The molecule has 0 bridgehead atoms. The van der Waals surface area contributed by atoms with Crippen LogP contribution in [-0.2, 0) is 9.53 Å². The number of ketones is 1. The number of esters is 1. The molecule has 0 unspecified atom stereocenters. The maximum atomic E-state index is 11.8. The highest BCUT2D eigenvalue weighted by molar-refractivity contribution is 9.11. The molecule has 0 spiro atoms. The summed E-state index contributed by atoms with van der Waals surface area (Å²) in [4.78, 5) is 23.8. The molecule has 1 aromatic heterocycles. The van der Waals surface area contributed by atoms with Crippen LogP contribution in [0.25, 0.3) is 6.08 Å². The number of hydrogen-bond donors (Lipinski definition) is 0. The van der Waals surface area contributed by atoms with E-state index in [0.717, 1.165) is 9.35 Å². The Morgan fingerprint density at radius 2 is 2.10 bits per heavy atom. The lowest BCUT2D eigenvalue weighted by Gasteiger charge is -1.99. The highest BCUT2D eigenvalue weighted by Crippen LogP contribution is 2.22. The van der Waals surface area contributed by atoms with E-state index in [-0.39, 0.29) is 12.4 Å².